The Hall–Kier alpha value is -2.48. The van der Waals surface area contributed by atoms with Crippen LogP contribution in [0.1, 0.15) is 24.2 Å². The number of amides is 1. The second kappa shape index (κ2) is 8.75. The minimum atomic E-state index is -0.675. The number of rotatable bonds is 6. The van der Waals surface area contributed by atoms with Crippen molar-refractivity contribution in [1.29, 1.82) is 0 Å². The molecule has 1 aromatic carbocycles. The van der Waals surface area contributed by atoms with Gasteiger partial charge in [-0.3, -0.25) is 4.79 Å². The van der Waals surface area contributed by atoms with E-state index in [1.54, 1.807) is 4.90 Å². The molecule has 8 heteroatoms. The van der Waals surface area contributed by atoms with Crippen molar-refractivity contribution in [1.82, 2.24) is 4.90 Å². The van der Waals surface area contributed by atoms with E-state index in [4.69, 9.17) is 23.7 Å². The van der Waals surface area contributed by atoms with E-state index >= 15 is 0 Å². The van der Waals surface area contributed by atoms with Crippen molar-refractivity contribution < 1.29 is 33.3 Å². The van der Waals surface area contributed by atoms with Gasteiger partial charge in [-0.25, -0.2) is 4.79 Å². The lowest BCUT2D eigenvalue weighted by Crippen LogP contribution is -2.49. The number of hydrogen-bond acceptors (Lipinski definition) is 7. The number of methoxy groups -OCH3 is 3. The predicted octanol–water partition coefficient (Wildman–Crippen LogP) is 1.50. The summed E-state index contributed by atoms with van der Waals surface area (Å²) in [6.45, 7) is 4.39. The molecule has 2 atom stereocenters. The lowest BCUT2D eigenvalue weighted by atomic mass is 10.1. The smallest absolute Gasteiger partial charge is 0.342 e. The fourth-order valence-corrected chi connectivity index (χ4v) is 2.87. The van der Waals surface area contributed by atoms with Gasteiger partial charge in [-0.2, -0.15) is 0 Å². The Morgan fingerprint density at radius 1 is 1.00 bits per heavy atom. The third kappa shape index (κ3) is 4.57. The zero-order chi connectivity index (χ0) is 19.3. The summed E-state index contributed by atoms with van der Waals surface area (Å²) in [5.41, 5.74) is 0.154. The molecule has 26 heavy (non-hydrogen) atoms. The van der Waals surface area contributed by atoms with Crippen LogP contribution in [-0.4, -0.2) is 70.0 Å². The molecule has 1 amide bonds. The maximum Gasteiger partial charge on any atom is 0.342 e. The molecule has 0 bridgehead atoms. The monoisotopic (exact) mass is 367 g/mol. The van der Waals surface area contributed by atoms with Gasteiger partial charge in [0.15, 0.2) is 18.1 Å². The van der Waals surface area contributed by atoms with Gasteiger partial charge >= 0.3 is 5.97 Å². The molecule has 2 rings (SSSR count). The molecule has 0 saturated carbocycles. The van der Waals surface area contributed by atoms with Gasteiger partial charge in [0.25, 0.3) is 5.91 Å². The molecule has 0 unspecified atom stereocenters. The average Bonchev–Trinajstić information content (AvgIpc) is 2.63. The van der Waals surface area contributed by atoms with Crippen LogP contribution in [-0.2, 0) is 14.3 Å². The van der Waals surface area contributed by atoms with Gasteiger partial charge in [0, 0.05) is 25.2 Å². The minimum absolute atomic E-state index is 0.0515. The van der Waals surface area contributed by atoms with E-state index in [0.717, 1.165) is 0 Å². The van der Waals surface area contributed by atoms with E-state index in [2.05, 4.69) is 0 Å². The van der Waals surface area contributed by atoms with E-state index in [9.17, 15) is 9.59 Å². The van der Waals surface area contributed by atoms with Gasteiger partial charge in [0.1, 0.15) is 11.3 Å². The van der Waals surface area contributed by atoms with Crippen LogP contribution in [0.4, 0.5) is 0 Å². The summed E-state index contributed by atoms with van der Waals surface area (Å²) in [6, 6.07) is 2.99. The summed E-state index contributed by atoms with van der Waals surface area (Å²) >= 11 is 0. The van der Waals surface area contributed by atoms with Crippen LogP contribution in [0.2, 0.25) is 0 Å². The van der Waals surface area contributed by atoms with Gasteiger partial charge in [-0.15, -0.1) is 0 Å². The summed E-state index contributed by atoms with van der Waals surface area (Å²) in [5, 5.41) is 0. The maximum atomic E-state index is 12.4. The first-order valence-corrected chi connectivity index (χ1v) is 8.30. The van der Waals surface area contributed by atoms with E-state index in [1.165, 1.54) is 33.5 Å². The predicted molar refractivity (Wildman–Crippen MR) is 93.0 cm³/mol. The molecule has 0 radical (unpaired) electrons. The van der Waals surface area contributed by atoms with Crippen molar-refractivity contribution >= 4 is 11.9 Å². The first-order chi connectivity index (χ1) is 12.4. The van der Waals surface area contributed by atoms with Gasteiger partial charge in [-0.05, 0) is 13.8 Å². The Morgan fingerprint density at radius 3 is 2.08 bits per heavy atom. The Kier molecular flexibility index (Phi) is 6.68. The standard InChI is InChI=1S/C18H25NO7/c1-11-8-19(9-12(2)26-11)17(20)10-25-18(21)13-6-15(23-4)16(24-5)7-14(13)22-3/h6-7,11-12H,8-10H2,1-5H3/t11-,12-/m0/s1. The van der Waals surface area contributed by atoms with E-state index in [0.29, 0.717) is 24.6 Å². The van der Waals surface area contributed by atoms with Gasteiger partial charge < -0.3 is 28.6 Å². The summed E-state index contributed by atoms with van der Waals surface area (Å²) < 4.78 is 26.4. The summed E-state index contributed by atoms with van der Waals surface area (Å²) in [4.78, 5) is 26.4. The van der Waals surface area contributed by atoms with E-state index < -0.39 is 5.97 Å². The highest BCUT2D eigenvalue weighted by molar-refractivity contribution is 5.95. The molecule has 1 aliphatic heterocycles. The number of esters is 1. The van der Waals surface area contributed by atoms with Crippen molar-refractivity contribution in [2.75, 3.05) is 41.0 Å². The summed E-state index contributed by atoms with van der Waals surface area (Å²) in [5.74, 6) is 0.120. The van der Waals surface area contributed by atoms with Crippen LogP contribution < -0.4 is 14.2 Å². The highest BCUT2D eigenvalue weighted by Crippen LogP contribution is 2.34. The quantitative estimate of drug-likeness (QED) is 0.705. The van der Waals surface area contributed by atoms with Crippen LogP contribution >= 0.6 is 0 Å². The lowest BCUT2D eigenvalue weighted by Gasteiger charge is -2.35. The molecular weight excluding hydrogens is 342 g/mol. The number of carbonyl (C=O) groups excluding carboxylic acids is 2. The van der Waals surface area contributed by atoms with Crippen molar-refractivity contribution in [3.8, 4) is 17.2 Å². The van der Waals surface area contributed by atoms with E-state index in [1.807, 2.05) is 13.8 Å². The van der Waals surface area contributed by atoms with Gasteiger partial charge in [0.2, 0.25) is 0 Å². The molecule has 0 spiro atoms. The fourth-order valence-electron chi connectivity index (χ4n) is 2.87. The lowest BCUT2D eigenvalue weighted by molar-refractivity contribution is -0.146. The number of nitrogens with zero attached hydrogens (tertiary/aromatic N) is 1. The van der Waals surface area contributed by atoms with Gasteiger partial charge in [-0.1, -0.05) is 0 Å². The minimum Gasteiger partial charge on any atom is -0.496 e. The largest absolute Gasteiger partial charge is 0.496 e. The highest BCUT2D eigenvalue weighted by atomic mass is 16.5. The second-order valence-electron chi connectivity index (χ2n) is 6.04. The highest BCUT2D eigenvalue weighted by Gasteiger charge is 2.27. The molecule has 1 heterocycles. The molecule has 0 aromatic heterocycles. The average molecular weight is 367 g/mol. The number of carbonyl (C=O) groups is 2. The van der Waals surface area contributed by atoms with Crippen LogP contribution in [0, 0.1) is 0 Å². The van der Waals surface area contributed by atoms with Gasteiger partial charge in [0.05, 0.1) is 33.5 Å². The molecule has 1 fully saturated rings. The molecule has 1 aliphatic rings. The Morgan fingerprint density at radius 2 is 1.54 bits per heavy atom. The van der Waals surface area contributed by atoms with Crippen LogP contribution in [0.15, 0.2) is 12.1 Å². The third-order valence-electron chi connectivity index (χ3n) is 4.02. The zero-order valence-corrected chi connectivity index (χ0v) is 15.7. The number of morpholine rings is 1. The number of ether oxygens (including phenoxy) is 5. The van der Waals surface area contributed by atoms with Crippen LogP contribution in [0.5, 0.6) is 17.2 Å². The van der Waals surface area contributed by atoms with Crippen LogP contribution in [0.3, 0.4) is 0 Å². The van der Waals surface area contributed by atoms with Crippen molar-refractivity contribution in [2.45, 2.75) is 26.1 Å². The summed E-state index contributed by atoms with van der Waals surface area (Å²) in [7, 11) is 4.38. The SMILES string of the molecule is COc1cc(OC)c(C(=O)OCC(=O)N2C[C@H](C)O[C@@H](C)C2)cc1OC. The van der Waals surface area contributed by atoms with Crippen LogP contribution in [0.25, 0.3) is 0 Å². The first kappa shape index (κ1) is 19.8. The number of hydrogen-bond donors (Lipinski definition) is 0. The molecular formula is C18H25NO7. The molecule has 144 valence electrons. The Balaban J connectivity index is 2.06. The second-order valence-corrected chi connectivity index (χ2v) is 6.04. The molecule has 1 saturated heterocycles. The molecule has 0 N–H and O–H groups in total. The summed E-state index contributed by atoms with van der Waals surface area (Å²) in [6.07, 6.45) is -0.103. The molecule has 1 aromatic rings. The fraction of sp³-hybridized carbons (Fsp3) is 0.556. The Bertz CT molecular complexity index is 651. The van der Waals surface area contributed by atoms with E-state index in [-0.39, 0.29) is 36.0 Å². The topological polar surface area (TPSA) is 83.5 Å². The van der Waals surface area contributed by atoms with Crippen molar-refractivity contribution in [2.24, 2.45) is 0 Å². The maximum absolute atomic E-state index is 12.4. The molecule has 0 aliphatic carbocycles. The Labute approximate surface area is 152 Å². The van der Waals surface area contributed by atoms with Crippen molar-refractivity contribution in [3.05, 3.63) is 17.7 Å². The third-order valence-corrected chi connectivity index (χ3v) is 4.02. The normalized spacial score (nSPS) is 19.7. The first-order valence-electron chi connectivity index (χ1n) is 8.30. The number of benzene rings is 1. The molecule has 8 nitrogen and oxygen atoms in total. The van der Waals surface area contributed by atoms with Crippen molar-refractivity contribution in [3.63, 3.8) is 0 Å². The zero-order valence-electron chi connectivity index (χ0n) is 15.7.